The minimum Gasteiger partial charge on any atom is -0.477 e. The summed E-state index contributed by atoms with van der Waals surface area (Å²) in [5.74, 6) is -0.559. The van der Waals surface area contributed by atoms with Crippen LogP contribution < -0.4 is 4.74 Å². The number of aromatic nitrogens is 3. The number of carbonyl (C=O) groups is 1. The molecule has 0 saturated carbocycles. The van der Waals surface area contributed by atoms with Crippen LogP contribution in [0, 0.1) is 17.6 Å². The molecule has 2 unspecified atom stereocenters. The Labute approximate surface area is 192 Å². The summed E-state index contributed by atoms with van der Waals surface area (Å²) in [6.45, 7) is 4.38. The van der Waals surface area contributed by atoms with Crippen molar-refractivity contribution in [1.82, 2.24) is 19.9 Å². The van der Waals surface area contributed by atoms with Gasteiger partial charge in [-0.05, 0) is 43.2 Å². The molecule has 3 rings (SSSR count). The Hall–Kier alpha value is -3.42. The highest BCUT2D eigenvalue weighted by atomic mass is 19.1. The molecule has 1 amide bonds. The van der Waals surface area contributed by atoms with Gasteiger partial charge >= 0.3 is 0 Å². The van der Waals surface area contributed by atoms with Crippen LogP contribution in [0.2, 0.25) is 0 Å². The molecule has 0 aliphatic rings. The highest BCUT2D eigenvalue weighted by Crippen LogP contribution is 2.26. The van der Waals surface area contributed by atoms with Crippen molar-refractivity contribution in [2.45, 2.75) is 39.2 Å². The van der Waals surface area contributed by atoms with E-state index < -0.39 is 11.6 Å². The van der Waals surface area contributed by atoms with Crippen LogP contribution in [0.3, 0.4) is 0 Å². The van der Waals surface area contributed by atoms with Crippen molar-refractivity contribution in [1.29, 1.82) is 0 Å². The molecule has 0 aliphatic carbocycles. The Morgan fingerprint density at radius 2 is 1.79 bits per heavy atom. The summed E-state index contributed by atoms with van der Waals surface area (Å²) in [5, 5.41) is 0. The zero-order valence-electron chi connectivity index (χ0n) is 19.0. The summed E-state index contributed by atoms with van der Waals surface area (Å²) < 4.78 is 33.1. The van der Waals surface area contributed by atoms with Gasteiger partial charge < -0.3 is 9.64 Å². The van der Waals surface area contributed by atoms with E-state index in [1.165, 1.54) is 30.3 Å². The Morgan fingerprint density at radius 3 is 2.42 bits per heavy atom. The van der Waals surface area contributed by atoms with Gasteiger partial charge in [0.25, 0.3) is 5.91 Å². The van der Waals surface area contributed by atoms with E-state index in [1.54, 1.807) is 30.4 Å². The van der Waals surface area contributed by atoms with Gasteiger partial charge in [0.1, 0.15) is 11.6 Å². The zero-order valence-corrected chi connectivity index (χ0v) is 19.0. The van der Waals surface area contributed by atoms with Crippen LogP contribution in [-0.4, -0.2) is 45.5 Å². The SMILES string of the molecule is CCCC(COc1ccc(F)cn1)C(CC)N(C)C(=O)c1cc(F)ccc1-c1ncccn1. The second-order valence-electron chi connectivity index (χ2n) is 7.83. The molecule has 2 aromatic heterocycles. The number of nitrogens with zero attached hydrogens (tertiary/aromatic N) is 4. The number of pyridine rings is 1. The van der Waals surface area contributed by atoms with E-state index in [9.17, 15) is 13.6 Å². The van der Waals surface area contributed by atoms with Crippen molar-refractivity contribution >= 4 is 5.91 Å². The maximum Gasteiger partial charge on any atom is 0.254 e. The predicted octanol–water partition coefficient (Wildman–Crippen LogP) is 5.16. The van der Waals surface area contributed by atoms with Crippen LogP contribution in [0.5, 0.6) is 5.88 Å². The molecule has 8 heteroatoms. The van der Waals surface area contributed by atoms with Crippen molar-refractivity contribution in [2.24, 2.45) is 5.92 Å². The van der Waals surface area contributed by atoms with Gasteiger partial charge in [-0.15, -0.1) is 0 Å². The Balaban J connectivity index is 1.84. The van der Waals surface area contributed by atoms with Gasteiger partial charge in [0.2, 0.25) is 5.88 Å². The standard InChI is InChI=1S/C25H28F2N4O2/c1-4-7-17(16-33-23-11-9-19(27)15-30-23)22(5-2)31(3)25(32)21-14-18(26)8-10-20(21)24-28-12-6-13-29-24/h6,8-15,17,22H,4-5,7,16H2,1-3H3. The fraction of sp³-hybridized carbons (Fsp3) is 0.360. The fourth-order valence-corrected chi connectivity index (χ4v) is 3.99. The molecule has 0 radical (unpaired) electrons. The molecule has 0 N–H and O–H groups in total. The molecule has 2 atom stereocenters. The molecule has 0 saturated heterocycles. The van der Waals surface area contributed by atoms with E-state index in [2.05, 4.69) is 21.9 Å². The minimum absolute atomic E-state index is 0.00536. The number of hydrogen-bond acceptors (Lipinski definition) is 5. The Kier molecular flexibility index (Phi) is 8.40. The molecular formula is C25H28F2N4O2. The zero-order chi connectivity index (χ0) is 23.8. The lowest BCUT2D eigenvalue weighted by Gasteiger charge is -2.34. The van der Waals surface area contributed by atoms with Gasteiger partial charge in [-0.25, -0.2) is 23.7 Å². The van der Waals surface area contributed by atoms with E-state index in [4.69, 9.17) is 4.74 Å². The molecule has 0 fully saturated rings. The van der Waals surface area contributed by atoms with E-state index in [0.29, 0.717) is 30.3 Å². The average molecular weight is 455 g/mol. The quantitative estimate of drug-likeness (QED) is 0.423. The van der Waals surface area contributed by atoms with Gasteiger partial charge in [-0.2, -0.15) is 0 Å². The second kappa shape index (κ2) is 11.4. The molecule has 0 bridgehead atoms. The van der Waals surface area contributed by atoms with Crippen LogP contribution in [-0.2, 0) is 0 Å². The van der Waals surface area contributed by atoms with Crippen molar-refractivity contribution in [3.8, 4) is 17.3 Å². The number of rotatable bonds is 10. The van der Waals surface area contributed by atoms with E-state index in [1.807, 2.05) is 6.92 Å². The first-order valence-corrected chi connectivity index (χ1v) is 11.0. The summed E-state index contributed by atoms with van der Waals surface area (Å²) in [7, 11) is 1.72. The Bertz CT molecular complexity index is 1050. The third kappa shape index (κ3) is 6.09. The van der Waals surface area contributed by atoms with Gasteiger partial charge in [-0.1, -0.05) is 20.3 Å². The summed E-state index contributed by atoms with van der Waals surface area (Å²) in [6.07, 6.45) is 6.66. The van der Waals surface area contributed by atoms with Crippen LogP contribution in [0.1, 0.15) is 43.5 Å². The van der Waals surface area contributed by atoms with E-state index in [-0.39, 0.29) is 23.4 Å². The highest BCUT2D eigenvalue weighted by Gasteiger charge is 2.29. The Morgan fingerprint density at radius 1 is 1.06 bits per heavy atom. The fourth-order valence-electron chi connectivity index (χ4n) is 3.99. The van der Waals surface area contributed by atoms with E-state index in [0.717, 1.165) is 19.0 Å². The first-order valence-electron chi connectivity index (χ1n) is 11.0. The molecule has 6 nitrogen and oxygen atoms in total. The molecule has 174 valence electrons. The lowest BCUT2D eigenvalue weighted by molar-refractivity contribution is 0.0604. The van der Waals surface area contributed by atoms with E-state index >= 15 is 0 Å². The first-order chi connectivity index (χ1) is 15.9. The van der Waals surface area contributed by atoms with Crippen molar-refractivity contribution in [3.05, 3.63) is 72.2 Å². The van der Waals surface area contributed by atoms with Crippen molar-refractivity contribution in [2.75, 3.05) is 13.7 Å². The maximum absolute atomic E-state index is 14.1. The van der Waals surface area contributed by atoms with Crippen LogP contribution in [0.15, 0.2) is 55.0 Å². The van der Waals surface area contributed by atoms with Gasteiger partial charge in [0.05, 0.1) is 18.4 Å². The number of benzene rings is 1. The summed E-state index contributed by atoms with van der Waals surface area (Å²) >= 11 is 0. The topological polar surface area (TPSA) is 68.2 Å². The van der Waals surface area contributed by atoms with Crippen molar-refractivity contribution in [3.63, 3.8) is 0 Å². The number of halogens is 2. The third-order valence-electron chi connectivity index (χ3n) is 5.60. The average Bonchev–Trinajstić information content (AvgIpc) is 2.84. The normalized spacial score (nSPS) is 12.8. The number of ether oxygens (including phenoxy) is 1. The largest absolute Gasteiger partial charge is 0.477 e. The summed E-state index contributed by atoms with van der Waals surface area (Å²) in [6, 6.07) is 8.34. The third-order valence-corrected chi connectivity index (χ3v) is 5.60. The number of carbonyl (C=O) groups excluding carboxylic acids is 1. The second-order valence-corrected chi connectivity index (χ2v) is 7.83. The highest BCUT2D eigenvalue weighted by molar-refractivity contribution is 6.00. The molecular weight excluding hydrogens is 426 g/mol. The lowest BCUT2D eigenvalue weighted by Crippen LogP contribution is -2.43. The smallest absolute Gasteiger partial charge is 0.254 e. The van der Waals surface area contributed by atoms with Crippen LogP contribution in [0.25, 0.3) is 11.4 Å². The van der Waals surface area contributed by atoms with Gasteiger partial charge in [0, 0.05) is 43.0 Å². The molecule has 0 aliphatic heterocycles. The maximum atomic E-state index is 14.1. The first kappa shape index (κ1) is 24.2. The molecule has 1 aromatic carbocycles. The molecule has 33 heavy (non-hydrogen) atoms. The summed E-state index contributed by atoms with van der Waals surface area (Å²) in [4.78, 5) is 27.6. The predicted molar refractivity (Wildman–Crippen MR) is 122 cm³/mol. The van der Waals surface area contributed by atoms with Gasteiger partial charge in [-0.3, -0.25) is 4.79 Å². The molecule has 3 aromatic rings. The molecule has 2 heterocycles. The van der Waals surface area contributed by atoms with Crippen LogP contribution in [0.4, 0.5) is 8.78 Å². The van der Waals surface area contributed by atoms with Gasteiger partial charge in [0.15, 0.2) is 5.82 Å². The monoisotopic (exact) mass is 454 g/mol. The number of amides is 1. The molecule has 0 spiro atoms. The minimum atomic E-state index is -0.504. The van der Waals surface area contributed by atoms with Crippen molar-refractivity contribution < 1.29 is 18.3 Å². The summed E-state index contributed by atoms with van der Waals surface area (Å²) in [5.41, 5.74) is 0.682. The lowest BCUT2D eigenvalue weighted by atomic mass is 9.91. The number of hydrogen-bond donors (Lipinski definition) is 0. The van der Waals surface area contributed by atoms with Crippen LogP contribution >= 0.6 is 0 Å².